The fraction of sp³-hybridized carbons (Fsp3) is 0.333. The van der Waals surface area contributed by atoms with Crippen molar-refractivity contribution in [2.24, 2.45) is 0 Å². The summed E-state index contributed by atoms with van der Waals surface area (Å²) in [5.41, 5.74) is -0.0344. The number of halogens is 2. The molecule has 6 heteroatoms. The predicted molar refractivity (Wildman–Crippen MR) is 62.0 cm³/mol. The summed E-state index contributed by atoms with van der Waals surface area (Å²) in [5, 5.41) is 11.5. The third-order valence-corrected chi connectivity index (χ3v) is 2.52. The van der Waals surface area contributed by atoms with E-state index in [1.54, 1.807) is 0 Å². The number of nitrogens with zero attached hydrogens (tertiary/aromatic N) is 1. The Morgan fingerprint density at radius 1 is 1.53 bits per heavy atom. The molecule has 0 aliphatic rings. The topological polar surface area (TPSA) is 52.4 Å². The first-order valence-electron chi connectivity index (χ1n) is 4.28. The molecule has 1 aromatic carbocycles. The SMILES string of the molecule is O=[N+]([O-])c1ccc(OCCCBr)c(Cl)c1. The van der Waals surface area contributed by atoms with Gasteiger partial charge in [-0.2, -0.15) is 0 Å². The summed E-state index contributed by atoms with van der Waals surface area (Å²) in [6, 6.07) is 4.16. The number of hydrogen-bond donors (Lipinski definition) is 0. The summed E-state index contributed by atoms with van der Waals surface area (Å²) in [7, 11) is 0. The van der Waals surface area contributed by atoms with E-state index in [1.165, 1.54) is 18.2 Å². The molecule has 0 spiro atoms. The van der Waals surface area contributed by atoms with Gasteiger partial charge in [0, 0.05) is 17.5 Å². The Morgan fingerprint density at radius 3 is 2.80 bits per heavy atom. The van der Waals surface area contributed by atoms with Gasteiger partial charge >= 0.3 is 0 Å². The predicted octanol–water partition coefficient (Wildman–Crippen LogP) is 3.41. The van der Waals surface area contributed by atoms with Gasteiger partial charge in [-0.25, -0.2) is 0 Å². The molecule has 0 heterocycles. The van der Waals surface area contributed by atoms with Crippen molar-refractivity contribution in [3.8, 4) is 5.75 Å². The van der Waals surface area contributed by atoms with Crippen molar-refractivity contribution in [2.45, 2.75) is 6.42 Å². The fourth-order valence-electron chi connectivity index (χ4n) is 0.957. The van der Waals surface area contributed by atoms with Crippen molar-refractivity contribution in [3.05, 3.63) is 33.3 Å². The van der Waals surface area contributed by atoms with Gasteiger partial charge in [0.05, 0.1) is 16.6 Å². The van der Waals surface area contributed by atoms with E-state index in [0.717, 1.165) is 11.8 Å². The quantitative estimate of drug-likeness (QED) is 0.362. The summed E-state index contributed by atoms with van der Waals surface area (Å²) in [6.45, 7) is 0.531. The Balaban J connectivity index is 2.70. The Kier molecular flexibility index (Phi) is 4.84. The zero-order valence-electron chi connectivity index (χ0n) is 7.78. The van der Waals surface area contributed by atoms with Crippen LogP contribution in [0.5, 0.6) is 5.75 Å². The van der Waals surface area contributed by atoms with Gasteiger partial charge in [0.2, 0.25) is 0 Å². The lowest BCUT2D eigenvalue weighted by atomic mass is 10.3. The second-order valence-electron chi connectivity index (χ2n) is 2.76. The second-order valence-corrected chi connectivity index (χ2v) is 3.96. The number of hydrogen-bond acceptors (Lipinski definition) is 3. The molecule has 0 N–H and O–H groups in total. The highest BCUT2D eigenvalue weighted by atomic mass is 79.9. The number of benzene rings is 1. The van der Waals surface area contributed by atoms with E-state index in [2.05, 4.69) is 15.9 Å². The highest BCUT2D eigenvalue weighted by molar-refractivity contribution is 9.09. The van der Waals surface area contributed by atoms with Crippen LogP contribution in [0.1, 0.15) is 6.42 Å². The lowest BCUT2D eigenvalue weighted by Gasteiger charge is -2.06. The maximum atomic E-state index is 10.4. The first-order chi connectivity index (χ1) is 7.15. The maximum Gasteiger partial charge on any atom is 0.271 e. The average molecular weight is 295 g/mol. The number of rotatable bonds is 5. The van der Waals surface area contributed by atoms with Gasteiger partial charge in [-0.1, -0.05) is 27.5 Å². The molecule has 0 aromatic heterocycles. The van der Waals surface area contributed by atoms with Crippen LogP contribution in [0.4, 0.5) is 5.69 Å². The number of nitro benzene ring substituents is 1. The minimum absolute atomic E-state index is 0.0344. The molecular formula is C9H9BrClNO3. The van der Waals surface area contributed by atoms with Crippen molar-refractivity contribution >= 4 is 33.2 Å². The molecule has 0 bridgehead atoms. The monoisotopic (exact) mass is 293 g/mol. The van der Waals surface area contributed by atoms with Crippen molar-refractivity contribution in [1.29, 1.82) is 0 Å². The summed E-state index contributed by atoms with van der Waals surface area (Å²) < 4.78 is 5.33. The minimum Gasteiger partial charge on any atom is -0.492 e. The molecule has 0 atom stereocenters. The van der Waals surface area contributed by atoms with Crippen LogP contribution in [-0.2, 0) is 0 Å². The van der Waals surface area contributed by atoms with Gasteiger partial charge in [0.15, 0.2) is 0 Å². The van der Waals surface area contributed by atoms with Crippen molar-refractivity contribution in [2.75, 3.05) is 11.9 Å². The third-order valence-electron chi connectivity index (χ3n) is 1.66. The van der Waals surface area contributed by atoms with Crippen molar-refractivity contribution in [1.82, 2.24) is 0 Å². The first-order valence-corrected chi connectivity index (χ1v) is 5.78. The normalized spacial score (nSPS) is 10.0. The van der Waals surface area contributed by atoms with Crippen LogP contribution in [0.25, 0.3) is 0 Å². The average Bonchev–Trinajstić information content (AvgIpc) is 2.20. The lowest BCUT2D eigenvalue weighted by Crippen LogP contribution is -1.98. The second kappa shape index (κ2) is 5.92. The molecule has 1 rings (SSSR count). The van der Waals surface area contributed by atoms with E-state index < -0.39 is 4.92 Å². The van der Waals surface area contributed by atoms with Gasteiger partial charge < -0.3 is 4.74 Å². The van der Waals surface area contributed by atoms with Gasteiger partial charge in [-0.05, 0) is 12.5 Å². The molecule has 0 amide bonds. The van der Waals surface area contributed by atoms with E-state index in [4.69, 9.17) is 16.3 Å². The van der Waals surface area contributed by atoms with Crippen LogP contribution in [0.3, 0.4) is 0 Å². The number of non-ortho nitro benzene ring substituents is 1. The fourth-order valence-corrected chi connectivity index (χ4v) is 1.42. The molecular weight excluding hydrogens is 285 g/mol. The van der Waals surface area contributed by atoms with Crippen LogP contribution < -0.4 is 4.74 Å². The van der Waals surface area contributed by atoms with Crippen LogP contribution in [-0.4, -0.2) is 16.9 Å². The van der Waals surface area contributed by atoms with Gasteiger partial charge in [0.1, 0.15) is 5.75 Å². The molecule has 0 fully saturated rings. The smallest absolute Gasteiger partial charge is 0.271 e. The van der Waals surface area contributed by atoms with Gasteiger partial charge in [0.25, 0.3) is 5.69 Å². The van der Waals surface area contributed by atoms with Gasteiger partial charge in [-0.15, -0.1) is 0 Å². The van der Waals surface area contributed by atoms with Crippen LogP contribution in [0, 0.1) is 10.1 Å². The van der Waals surface area contributed by atoms with E-state index in [-0.39, 0.29) is 10.7 Å². The van der Waals surface area contributed by atoms with E-state index >= 15 is 0 Å². The molecule has 82 valence electrons. The van der Waals surface area contributed by atoms with Crippen LogP contribution in [0.2, 0.25) is 5.02 Å². The van der Waals surface area contributed by atoms with Crippen molar-refractivity contribution in [3.63, 3.8) is 0 Å². The highest BCUT2D eigenvalue weighted by Gasteiger charge is 2.09. The van der Waals surface area contributed by atoms with Crippen molar-refractivity contribution < 1.29 is 9.66 Å². The molecule has 0 saturated heterocycles. The zero-order valence-corrected chi connectivity index (χ0v) is 10.1. The Morgan fingerprint density at radius 2 is 2.27 bits per heavy atom. The number of alkyl halides is 1. The van der Waals surface area contributed by atoms with E-state index in [1.807, 2.05) is 0 Å². The minimum atomic E-state index is -0.492. The third kappa shape index (κ3) is 3.68. The summed E-state index contributed by atoms with van der Waals surface area (Å²) >= 11 is 9.08. The maximum absolute atomic E-state index is 10.4. The Bertz CT molecular complexity index is 359. The largest absolute Gasteiger partial charge is 0.492 e. The highest BCUT2D eigenvalue weighted by Crippen LogP contribution is 2.28. The number of ether oxygens (including phenoxy) is 1. The molecule has 0 saturated carbocycles. The lowest BCUT2D eigenvalue weighted by molar-refractivity contribution is -0.384. The molecule has 0 aliphatic carbocycles. The van der Waals surface area contributed by atoms with E-state index in [0.29, 0.717) is 12.4 Å². The summed E-state index contributed by atoms with van der Waals surface area (Å²) in [5.74, 6) is 0.475. The molecule has 0 aliphatic heterocycles. The molecule has 4 nitrogen and oxygen atoms in total. The number of nitro groups is 1. The summed E-state index contributed by atoms with van der Waals surface area (Å²) in [4.78, 5) is 9.93. The summed E-state index contributed by atoms with van der Waals surface area (Å²) in [6.07, 6.45) is 0.854. The molecule has 15 heavy (non-hydrogen) atoms. The van der Waals surface area contributed by atoms with Crippen LogP contribution >= 0.6 is 27.5 Å². The molecule has 0 radical (unpaired) electrons. The Labute approximate surface area is 100 Å². The first kappa shape index (κ1) is 12.3. The standard InChI is InChI=1S/C9H9BrClNO3/c10-4-1-5-15-9-3-2-7(12(13)14)6-8(9)11/h2-3,6H,1,4-5H2. The molecule has 1 aromatic rings. The van der Waals surface area contributed by atoms with Crippen LogP contribution in [0.15, 0.2) is 18.2 Å². The molecule has 0 unspecified atom stereocenters. The van der Waals surface area contributed by atoms with Gasteiger partial charge in [-0.3, -0.25) is 10.1 Å². The zero-order chi connectivity index (χ0) is 11.3. The Hall–Kier alpha value is -0.810. The van der Waals surface area contributed by atoms with E-state index in [9.17, 15) is 10.1 Å².